The zero-order chi connectivity index (χ0) is 15.4. The lowest BCUT2D eigenvalue weighted by Gasteiger charge is -2.11. The van der Waals surface area contributed by atoms with Crippen molar-refractivity contribution in [2.75, 3.05) is 12.4 Å². The van der Waals surface area contributed by atoms with E-state index >= 15 is 0 Å². The van der Waals surface area contributed by atoms with E-state index < -0.39 is 0 Å². The highest BCUT2D eigenvalue weighted by molar-refractivity contribution is 6.31. The Balaban J connectivity index is 2.12. The lowest BCUT2D eigenvalue weighted by molar-refractivity contribution is -0.111. The summed E-state index contributed by atoms with van der Waals surface area (Å²) in [5.41, 5.74) is 2.30. The minimum atomic E-state index is -0.251. The summed E-state index contributed by atoms with van der Waals surface area (Å²) in [6, 6.07) is 3.45. The van der Waals surface area contributed by atoms with Gasteiger partial charge in [-0.05, 0) is 24.6 Å². The molecule has 6 heteroatoms. The molecule has 1 aromatic carbocycles. The Kier molecular flexibility index (Phi) is 4.65. The minimum Gasteiger partial charge on any atom is -0.495 e. The van der Waals surface area contributed by atoms with Crippen LogP contribution in [-0.2, 0) is 11.8 Å². The van der Waals surface area contributed by atoms with E-state index in [0.717, 1.165) is 11.1 Å². The first-order valence-electron chi connectivity index (χ1n) is 6.31. The summed E-state index contributed by atoms with van der Waals surface area (Å²) >= 11 is 6.03. The highest BCUT2D eigenvalue weighted by atomic mass is 35.5. The largest absolute Gasteiger partial charge is 0.495 e. The van der Waals surface area contributed by atoms with Crippen molar-refractivity contribution in [1.82, 2.24) is 9.78 Å². The van der Waals surface area contributed by atoms with Gasteiger partial charge in [0.2, 0.25) is 5.91 Å². The molecule has 0 aliphatic heterocycles. The van der Waals surface area contributed by atoms with Crippen LogP contribution in [0, 0.1) is 6.92 Å². The number of halogens is 1. The number of hydrogen-bond acceptors (Lipinski definition) is 3. The van der Waals surface area contributed by atoms with Crippen molar-refractivity contribution in [3.8, 4) is 5.75 Å². The molecule has 110 valence electrons. The number of nitrogens with one attached hydrogen (secondary N) is 1. The first-order chi connectivity index (χ1) is 9.99. The zero-order valence-electron chi connectivity index (χ0n) is 12.1. The molecule has 0 saturated carbocycles. The smallest absolute Gasteiger partial charge is 0.248 e. The van der Waals surface area contributed by atoms with Gasteiger partial charge in [-0.3, -0.25) is 9.48 Å². The lowest BCUT2D eigenvalue weighted by Crippen LogP contribution is -2.09. The summed E-state index contributed by atoms with van der Waals surface area (Å²) in [5, 5.41) is 7.39. The summed E-state index contributed by atoms with van der Waals surface area (Å²) in [6.07, 6.45) is 6.63. The number of amides is 1. The number of aromatic nitrogens is 2. The van der Waals surface area contributed by atoms with E-state index in [4.69, 9.17) is 16.3 Å². The molecule has 0 saturated heterocycles. The second kappa shape index (κ2) is 6.45. The number of carbonyl (C=O) groups excluding carboxylic acids is 1. The van der Waals surface area contributed by atoms with E-state index in [2.05, 4.69) is 10.4 Å². The lowest BCUT2D eigenvalue weighted by atomic mass is 10.2. The monoisotopic (exact) mass is 305 g/mol. The Bertz CT molecular complexity index is 692. The molecular formula is C15H16ClN3O2. The second-order valence-electron chi connectivity index (χ2n) is 4.57. The Labute approximate surface area is 128 Å². The molecule has 5 nitrogen and oxygen atoms in total. The van der Waals surface area contributed by atoms with Crippen LogP contribution in [0.5, 0.6) is 5.75 Å². The molecule has 21 heavy (non-hydrogen) atoms. The Morgan fingerprint density at radius 1 is 1.48 bits per heavy atom. The third kappa shape index (κ3) is 3.86. The summed E-state index contributed by atoms with van der Waals surface area (Å²) < 4.78 is 6.88. The van der Waals surface area contributed by atoms with Crippen molar-refractivity contribution in [2.24, 2.45) is 7.05 Å². The third-order valence-corrected chi connectivity index (χ3v) is 3.30. The standard InChI is InChI=1S/C15H16ClN3O2/c1-10-6-13(14(21-3)7-12(10)16)18-15(20)5-4-11-8-17-19(2)9-11/h4-9H,1-3H3,(H,18,20)/b5-4-. The topological polar surface area (TPSA) is 56.1 Å². The molecule has 0 radical (unpaired) electrons. The van der Waals surface area contributed by atoms with Crippen LogP contribution in [0.4, 0.5) is 5.69 Å². The maximum Gasteiger partial charge on any atom is 0.248 e. The van der Waals surface area contributed by atoms with Gasteiger partial charge in [0.15, 0.2) is 0 Å². The number of anilines is 1. The van der Waals surface area contributed by atoms with Gasteiger partial charge in [0, 0.05) is 36.0 Å². The molecule has 0 aliphatic rings. The highest BCUT2D eigenvalue weighted by Gasteiger charge is 2.08. The van der Waals surface area contributed by atoms with E-state index in [1.54, 1.807) is 29.1 Å². The van der Waals surface area contributed by atoms with Crippen LogP contribution in [0.3, 0.4) is 0 Å². The van der Waals surface area contributed by atoms with Crippen molar-refractivity contribution in [3.63, 3.8) is 0 Å². The molecule has 0 bridgehead atoms. The molecule has 1 amide bonds. The van der Waals surface area contributed by atoms with Crippen LogP contribution < -0.4 is 10.1 Å². The number of nitrogens with zero attached hydrogens (tertiary/aromatic N) is 2. The van der Waals surface area contributed by atoms with Crippen LogP contribution in [0.2, 0.25) is 5.02 Å². The van der Waals surface area contributed by atoms with Crippen LogP contribution >= 0.6 is 11.6 Å². The molecule has 1 heterocycles. The third-order valence-electron chi connectivity index (χ3n) is 2.89. The maximum atomic E-state index is 11.9. The van der Waals surface area contributed by atoms with Crippen LogP contribution in [0.25, 0.3) is 6.08 Å². The molecule has 0 fully saturated rings. The first kappa shape index (κ1) is 15.1. The van der Waals surface area contributed by atoms with Gasteiger partial charge in [0.05, 0.1) is 19.0 Å². The van der Waals surface area contributed by atoms with E-state index in [1.165, 1.54) is 13.2 Å². The molecule has 0 unspecified atom stereocenters. The van der Waals surface area contributed by atoms with Crippen LogP contribution in [-0.4, -0.2) is 22.8 Å². The number of hydrogen-bond donors (Lipinski definition) is 1. The van der Waals surface area contributed by atoms with E-state index in [0.29, 0.717) is 16.5 Å². The number of methoxy groups -OCH3 is 1. The van der Waals surface area contributed by atoms with E-state index in [-0.39, 0.29) is 5.91 Å². The van der Waals surface area contributed by atoms with Gasteiger partial charge in [0.25, 0.3) is 0 Å². The summed E-state index contributed by atoms with van der Waals surface area (Å²) in [4.78, 5) is 11.9. The molecule has 0 aliphatic carbocycles. The van der Waals surface area contributed by atoms with Gasteiger partial charge in [-0.25, -0.2) is 0 Å². The Hall–Kier alpha value is -2.27. The maximum absolute atomic E-state index is 11.9. The van der Waals surface area contributed by atoms with Crippen LogP contribution in [0.15, 0.2) is 30.6 Å². The van der Waals surface area contributed by atoms with Crippen molar-refractivity contribution in [3.05, 3.63) is 46.8 Å². The average Bonchev–Trinajstić information content (AvgIpc) is 2.86. The average molecular weight is 306 g/mol. The molecule has 2 aromatic rings. The summed E-state index contributed by atoms with van der Waals surface area (Å²) in [5.74, 6) is 0.271. The van der Waals surface area contributed by atoms with Crippen molar-refractivity contribution in [2.45, 2.75) is 6.92 Å². The number of benzene rings is 1. The van der Waals surface area contributed by atoms with Gasteiger partial charge >= 0.3 is 0 Å². The van der Waals surface area contributed by atoms with Crippen molar-refractivity contribution >= 4 is 29.3 Å². The summed E-state index contributed by atoms with van der Waals surface area (Å²) in [6.45, 7) is 1.86. The fraction of sp³-hybridized carbons (Fsp3) is 0.200. The van der Waals surface area contributed by atoms with Crippen LogP contribution in [0.1, 0.15) is 11.1 Å². The van der Waals surface area contributed by atoms with Gasteiger partial charge < -0.3 is 10.1 Å². The molecule has 0 spiro atoms. The predicted octanol–water partition coefficient (Wildman–Crippen LogP) is 3.04. The van der Waals surface area contributed by atoms with Gasteiger partial charge in [0.1, 0.15) is 5.75 Å². The highest BCUT2D eigenvalue weighted by Crippen LogP contribution is 2.30. The Morgan fingerprint density at radius 2 is 2.24 bits per heavy atom. The van der Waals surface area contributed by atoms with Gasteiger partial charge in [-0.1, -0.05) is 11.6 Å². The molecule has 0 atom stereocenters. The number of rotatable bonds is 4. The number of ether oxygens (including phenoxy) is 1. The molecule has 2 rings (SSSR count). The van der Waals surface area contributed by atoms with E-state index in [1.807, 2.05) is 20.2 Å². The number of aryl methyl sites for hydroxylation is 2. The fourth-order valence-corrected chi connectivity index (χ4v) is 1.96. The Morgan fingerprint density at radius 3 is 2.86 bits per heavy atom. The summed E-state index contributed by atoms with van der Waals surface area (Å²) in [7, 11) is 3.35. The fourth-order valence-electron chi connectivity index (χ4n) is 1.80. The zero-order valence-corrected chi connectivity index (χ0v) is 12.8. The van der Waals surface area contributed by atoms with Gasteiger partial charge in [-0.2, -0.15) is 5.10 Å². The van der Waals surface area contributed by atoms with Crippen molar-refractivity contribution < 1.29 is 9.53 Å². The number of carbonyl (C=O) groups is 1. The quantitative estimate of drug-likeness (QED) is 0.883. The molecule has 1 N–H and O–H groups in total. The predicted molar refractivity (Wildman–Crippen MR) is 83.6 cm³/mol. The van der Waals surface area contributed by atoms with E-state index in [9.17, 15) is 4.79 Å². The first-order valence-corrected chi connectivity index (χ1v) is 6.69. The minimum absolute atomic E-state index is 0.251. The normalized spacial score (nSPS) is 10.9. The van der Waals surface area contributed by atoms with Gasteiger partial charge in [-0.15, -0.1) is 0 Å². The molecule has 1 aromatic heterocycles. The molecular weight excluding hydrogens is 290 g/mol. The van der Waals surface area contributed by atoms with Crippen molar-refractivity contribution in [1.29, 1.82) is 0 Å². The second-order valence-corrected chi connectivity index (χ2v) is 4.98. The SMILES string of the molecule is COc1cc(Cl)c(C)cc1NC(=O)/C=C\c1cnn(C)c1.